The highest BCUT2D eigenvalue weighted by Crippen LogP contribution is 2.16. The van der Waals surface area contributed by atoms with Gasteiger partial charge in [0.2, 0.25) is 0 Å². The van der Waals surface area contributed by atoms with Crippen LogP contribution in [0.15, 0.2) is 24.3 Å². The first-order chi connectivity index (χ1) is 8.34. The number of hydrogen-bond acceptors (Lipinski definition) is 2. The van der Waals surface area contributed by atoms with E-state index in [1.807, 2.05) is 52.0 Å². The Kier molecular flexibility index (Phi) is 4.73. The minimum atomic E-state index is -0.206. The third kappa shape index (κ3) is 4.37. The molecule has 18 heavy (non-hydrogen) atoms. The second-order valence-corrected chi connectivity index (χ2v) is 5.23. The molecule has 1 aromatic carbocycles. The summed E-state index contributed by atoms with van der Waals surface area (Å²) in [6.07, 6.45) is 0.875. The zero-order chi connectivity index (χ0) is 13.8. The van der Waals surface area contributed by atoms with Gasteiger partial charge in [0.15, 0.2) is 0 Å². The number of nitrogens with one attached hydrogen (secondary N) is 2. The van der Waals surface area contributed by atoms with Gasteiger partial charge in [-0.05, 0) is 44.9 Å². The van der Waals surface area contributed by atoms with Gasteiger partial charge >= 0.3 is 6.03 Å². The van der Waals surface area contributed by atoms with Gasteiger partial charge in [-0.2, -0.15) is 0 Å². The second-order valence-electron chi connectivity index (χ2n) is 5.23. The van der Waals surface area contributed by atoms with Crippen LogP contribution in [0.5, 0.6) is 0 Å². The van der Waals surface area contributed by atoms with E-state index in [0.717, 1.165) is 17.7 Å². The van der Waals surface area contributed by atoms with Crippen LogP contribution in [0.25, 0.3) is 0 Å². The van der Waals surface area contributed by atoms with E-state index in [0.29, 0.717) is 0 Å². The SMILES string of the molecule is CCC(C)(C)NC(=O)Nc1cccc(C(C)N)c1. The minimum absolute atomic E-state index is 0.0399. The van der Waals surface area contributed by atoms with E-state index >= 15 is 0 Å². The summed E-state index contributed by atoms with van der Waals surface area (Å²) in [6, 6.07) is 7.35. The van der Waals surface area contributed by atoms with Gasteiger partial charge < -0.3 is 16.4 Å². The quantitative estimate of drug-likeness (QED) is 0.768. The first-order valence-electron chi connectivity index (χ1n) is 6.29. The summed E-state index contributed by atoms with van der Waals surface area (Å²) in [5.74, 6) is 0. The maximum atomic E-state index is 11.8. The summed E-state index contributed by atoms with van der Waals surface area (Å²) < 4.78 is 0. The van der Waals surface area contributed by atoms with Gasteiger partial charge in [0, 0.05) is 17.3 Å². The Bertz CT molecular complexity index is 413. The fourth-order valence-electron chi connectivity index (χ4n) is 1.46. The molecule has 4 nitrogen and oxygen atoms in total. The lowest BCUT2D eigenvalue weighted by atomic mass is 10.0. The van der Waals surface area contributed by atoms with E-state index < -0.39 is 0 Å². The Morgan fingerprint density at radius 3 is 2.67 bits per heavy atom. The van der Waals surface area contributed by atoms with Crippen molar-refractivity contribution in [3.05, 3.63) is 29.8 Å². The first-order valence-corrected chi connectivity index (χ1v) is 6.29. The molecule has 0 heterocycles. The lowest BCUT2D eigenvalue weighted by molar-refractivity contribution is 0.240. The van der Waals surface area contributed by atoms with Crippen molar-refractivity contribution < 1.29 is 4.79 Å². The first kappa shape index (κ1) is 14.5. The van der Waals surface area contributed by atoms with Crippen LogP contribution in [0, 0.1) is 0 Å². The van der Waals surface area contributed by atoms with E-state index in [1.165, 1.54) is 0 Å². The molecule has 2 amide bonds. The van der Waals surface area contributed by atoms with Crippen LogP contribution in [-0.4, -0.2) is 11.6 Å². The summed E-state index contributed by atoms with van der Waals surface area (Å²) in [4.78, 5) is 11.8. The minimum Gasteiger partial charge on any atom is -0.333 e. The van der Waals surface area contributed by atoms with Crippen LogP contribution in [0.4, 0.5) is 10.5 Å². The highest BCUT2D eigenvalue weighted by molar-refractivity contribution is 5.89. The molecule has 0 bridgehead atoms. The lowest BCUT2D eigenvalue weighted by Gasteiger charge is -2.24. The van der Waals surface area contributed by atoms with Gasteiger partial charge in [-0.25, -0.2) is 4.79 Å². The van der Waals surface area contributed by atoms with Gasteiger partial charge in [0.05, 0.1) is 0 Å². The molecule has 1 rings (SSSR count). The fraction of sp³-hybridized carbons (Fsp3) is 0.500. The number of rotatable bonds is 4. The molecule has 100 valence electrons. The van der Waals surface area contributed by atoms with Crippen LogP contribution >= 0.6 is 0 Å². The zero-order valence-corrected chi connectivity index (χ0v) is 11.6. The smallest absolute Gasteiger partial charge is 0.319 e. The molecule has 4 heteroatoms. The Labute approximate surface area is 109 Å². The Morgan fingerprint density at radius 1 is 1.44 bits per heavy atom. The maximum Gasteiger partial charge on any atom is 0.319 e. The highest BCUT2D eigenvalue weighted by atomic mass is 16.2. The summed E-state index contributed by atoms with van der Waals surface area (Å²) in [6.45, 7) is 7.94. The average Bonchev–Trinajstić information content (AvgIpc) is 2.28. The number of benzene rings is 1. The number of amides is 2. The average molecular weight is 249 g/mol. The largest absolute Gasteiger partial charge is 0.333 e. The summed E-state index contributed by atoms with van der Waals surface area (Å²) >= 11 is 0. The molecule has 0 aliphatic heterocycles. The summed E-state index contributed by atoms with van der Waals surface area (Å²) in [5.41, 5.74) is 7.36. The zero-order valence-electron chi connectivity index (χ0n) is 11.6. The van der Waals surface area contributed by atoms with Gasteiger partial charge in [-0.1, -0.05) is 19.1 Å². The Hall–Kier alpha value is -1.55. The second kappa shape index (κ2) is 5.87. The standard InChI is InChI=1S/C14H23N3O/c1-5-14(3,4)17-13(18)16-12-8-6-7-11(9-12)10(2)15/h6-10H,5,15H2,1-4H3,(H2,16,17,18). The lowest BCUT2D eigenvalue weighted by Crippen LogP contribution is -2.45. The molecule has 0 saturated heterocycles. The van der Waals surface area contributed by atoms with Crippen LogP contribution in [0.2, 0.25) is 0 Å². The maximum absolute atomic E-state index is 11.8. The van der Waals surface area contributed by atoms with E-state index in [1.54, 1.807) is 0 Å². The Balaban J connectivity index is 2.68. The van der Waals surface area contributed by atoms with E-state index in [9.17, 15) is 4.79 Å². The van der Waals surface area contributed by atoms with E-state index in [2.05, 4.69) is 10.6 Å². The van der Waals surface area contributed by atoms with Crippen molar-refractivity contribution in [2.75, 3.05) is 5.32 Å². The predicted molar refractivity (Wildman–Crippen MR) is 75.6 cm³/mol. The number of carbonyl (C=O) groups excluding carboxylic acids is 1. The molecular formula is C14H23N3O. The van der Waals surface area contributed by atoms with Crippen molar-refractivity contribution >= 4 is 11.7 Å². The van der Waals surface area contributed by atoms with Crippen molar-refractivity contribution in [2.24, 2.45) is 5.73 Å². The van der Waals surface area contributed by atoms with Crippen LogP contribution in [0.3, 0.4) is 0 Å². The van der Waals surface area contributed by atoms with Crippen molar-refractivity contribution in [3.63, 3.8) is 0 Å². The number of anilines is 1. The van der Waals surface area contributed by atoms with Gasteiger partial charge in [0.25, 0.3) is 0 Å². The summed E-state index contributed by atoms with van der Waals surface area (Å²) in [5, 5.41) is 5.74. The van der Waals surface area contributed by atoms with Crippen molar-refractivity contribution in [3.8, 4) is 0 Å². The molecule has 0 spiro atoms. The van der Waals surface area contributed by atoms with E-state index in [4.69, 9.17) is 5.73 Å². The third-order valence-corrected chi connectivity index (χ3v) is 3.01. The summed E-state index contributed by atoms with van der Waals surface area (Å²) in [7, 11) is 0. The molecule has 0 radical (unpaired) electrons. The van der Waals surface area contributed by atoms with E-state index in [-0.39, 0.29) is 17.6 Å². The molecule has 1 unspecified atom stereocenters. The van der Waals surface area contributed by atoms with Gasteiger partial charge in [0.1, 0.15) is 0 Å². The van der Waals surface area contributed by atoms with Crippen molar-refractivity contribution in [2.45, 2.75) is 45.7 Å². The van der Waals surface area contributed by atoms with Crippen LogP contribution < -0.4 is 16.4 Å². The van der Waals surface area contributed by atoms with Gasteiger partial charge in [-0.3, -0.25) is 0 Å². The third-order valence-electron chi connectivity index (χ3n) is 3.01. The molecule has 0 aliphatic carbocycles. The van der Waals surface area contributed by atoms with Crippen molar-refractivity contribution in [1.82, 2.24) is 5.32 Å². The molecule has 1 aromatic rings. The predicted octanol–water partition coefficient (Wildman–Crippen LogP) is 3.02. The number of carbonyl (C=O) groups is 1. The number of hydrogen-bond donors (Lipinski definition) is 3. The molecule has 1 atom stereocenters. The topological polar surface area (TPSA) is 67.2 Å². The van der Waals surface area contributed by atoms with Crippen molar-refractivity contribution in [1.29, 1.82) is 0 Å². The molecule has 0 saturated carbocycles. The fourth-order valence-corrected chi connectivity index (χ4v) is 1.46. The Morgan fingerprint density at radius 2 is 2.11 bits per heavy atom. The normalized spacial score (nSPS) is 12.9. The monoisotopic (exact) mass is 249 g/mol. The highest BCUT2D eigenvalue weighted by Gasteiger charge is 2.17. The molecular weight excluding hydrogens is 226 g/mol. The molecule has 0 fully saturated rings. The van der Waals surface area contributed by atoms with Gasteiger partial charge in [-0.15, -0.1) is 0 Å². The number of nitrogens with two attached hydrogens (primary N) is 1. The van der Waals surface area contributed by atoms with Crippen LogP contribution in [0.1, 0.15) is 45.7 Å². The van der Waals surface area contributed by atoms with Crippen LogP contribution in [-0.2, 0) is 0 Å². The molecule has 0 aromatic heterocycles. The number of urea groups is 1. The molecule has 4 N–H and O–H groups in total. The molecule has 0 aliphatic rings.